The van der Waals surface area contributed by atoms with Crippen molar-refractivity contribution in [2.45, 2.75) is 33.4 Å². The highest BCUT2D eigenvalue weighted by Crippen LogP contribution is 2.15. The summed E-state index contributed by atoms with van der Waals surface area (Å²) in [6.45, 7) is 7.68. The van der Waals surface area contributed by atoms with Gasteiger partial charge in [-0.05, 0) is 32.2 Å². The number of hydrogen-bond acceptors (Lipinski definition) is 3. The van der Waals surface area contributed by atoms with Crippen molar-refractivity contribution < 1.29 is 9.90 Å². The molecule has 1 rings (SSSR count). The van der Waals surface area contributed by atoms with Crippen LogP contribution in [-0.2, 0) is 11.3 Å². The quantitative estimate of drug-likeness (QED) is 0.792. The van der Waals surface area contributed by atoms with Gasteiger partial charge in [-0.25, -0.2) is 4.79 Å². The fraction of sp³-hybridized carbons (Fsp3) is 0.462. The van der Waals surface area contributed by atoms with Crippen LogP contribution in [-0.4, -0.2) is 28.6 Å². The van der Waals surface area contributed by atoms with E-state index in [0.717, 1.165) is 12.1 Å². The van der Waals surface area contributed by atoms with Crippen molar-refractivity contribution in [1.29, 1.82) is 0 Å². The number of nitrogens with zero attached hydrogens (tertiary/aromatic N) is 1. The molecule has 0 fully saturated rings. The highest BCUT2D eigenvalue weighted by Gasteiger charge is 2.11. The molecule has 1 aromatic heterocycles. The number of aliphatic carboxylic acids is 1. The van der Waals surface area contributed by atoms with Gasteiger partial charge in [-0.3, -0.25) is 4.90 Å². The zero-order valence-electron chi connectivity index (χ0n) is 10.5. The lowest BCUT2D eigenvalue weighted by Crippen LogP contribution is -2.31. The van der Waals surface area contributed by atoms with Crippen molar-refractivity contribution in [3.63, 3.8) is 0 Å². The molecule has 94 valence electrons. The van der Waals surface area contributed by atoms with E-state index in [2.05, 4.69) is 30.2 Å². The molecule has 0 saturated carbocycles. The molecule has 0 aromatic carbocycles. The molecule has 3 nitrogen and oxygen atoms in total. The van der Waals surface area contributed by atoms with E-state index in [4.69, 9.17) is 5.11 Å². The molecule has 0 radical (unpaired) electrons. The van der Waals surface area contributed by atoms with Crippen LogP contribution in [0.4, 0.5) is 0 Å². The third-order valence-corrected chi connectivity index (χ3v) is 3.35. The summed E-state index contributed by atoms with van der Waals surface area (Å²) >= 11 is 1.73. The molecule has 1 N–H and O–H groups in total. The third-order valence-electron chi connectivity index (χ3n) is 2.49. The van der Waals surface area contributed by atoms with Crippen LogP contribution < -0.4 is 0 Å². The maximum Gasteiger partial charge on any atom is 0.328 e. The van der Waals surface area contributed by atoms with Gasteiger partial charge in [0.2, 0.25) is 0 Å². The van der Waals surface area contributed by atoms with Gasteiger partial charge in [-0.15, -0.1) is 11.3 Å². The first kappa shape index (κ1) is 13.9. The third kappa shape index (κ3) is 5.15. The van der Waals surface area contributed by atoms with Crippen LogP contribution in [0.25, 0.3) is 0 Å². The van der Waals surface area contributed by atoms with Crippen molar-refractivity contribution in [2.75, 3.05) is 6.54 Å². The summed E-state index contributed by atoms with van der Waals surface area (Å²) in [5.41, 5.74) is 0.878. The van der Waals surface area contributed by atoms with Crippen LogP contribution in [0.3, 0.4) is 0 Å². The van der Waals surface area contributed by atoms with Crippen molar-refractivity contribution in [3.8, 4) is 0 Å². The van der Waals surface area contributed by atoms with Gasteiger partial charge in [0.1, 0.15) is 0 Å². The number of carboxylic acids is 1. The largest absolute Gasteiger partial charge is 0.478 e. The highest BCUT2D eigenvalue weighted by molar-refractivity contribution is 7.09. The predicted octanol–water partition coefficient (Wildman–Crippen LogP) is 2.99. The minimum absolute atomic E-state index is 0.397. The Morgan fingerprint density at radius 1 is 1.59 bits per heavy atom. The molecule has 0 unspecified atom stereocenters. The fourth-order valence-electron chi connectivity index (χ4n) is 1.60. The van der Waals surface area contributed by atoms with Crippen LogP contribution in [0.2, 0.25) is 0 Å². The van der Waals surface area contributed by atoms with Crippen molar-refractivity contribution >= 4 is 17.3 Å². The van der Waals surface area contributed by atoms with E-state index in [1.807, 2.05) is 13.0 Å². The van der Waals surface area contributed by atoms with E-state index < -0.39 is 5.97 Å². The number of thiophene rings is 1. The van der Waals surface area contributed by atoms with Gasteiger partial charge >= 0.3 is 5.97 Å². The summed E-state index contributed by atoms with van der Waals surface area (Å²) in [7, 11) is 0. The topological polar surface area (TPSA) is 40.5 Å². The number of carbonyl (C=O) groups is 1. The minimum atomic E-state index is -0.873. The van der Waals surface area contributed by atoms with E-state index in [0.29, 0.717) is 12.6 Å². The molecule has 1 heterocycles. The van der Waals surface area contributed by atoms with Gasteiger partial charge in [0.25, 0.3) is 0 Å². The highest BCUT2D eigenvalue weighted by atomic mass is 32.1. The number of hydrogen-bond donors (Lipinski definition) is 1. The Morgan fingerprint density at radius 3 is 2.76 bits per heavy atom. The Bertz CT molecular complexity index is 382. The van der Waals surface area contributed by atoms with E-state index in [-0.39, 0.29) is 0 Å². The first-order chi connectivity index (χ1) is 7.99. The van der Waals surface area contributed by atoms with Gasteiger partial charge in [0, 0.05) is 30.1 Å². The Morgan fingerprint density at radius 2 is 2.29 bits per heavy atom. The fourth-order valence-corrected chi connectivity index (χ4v) is 2.33. The minimum Gasteiger partial charge on any atom is -0.478 e. The number of carboxylic acid groups (broad SMARTS) is 1. The van der Waals surface area contributed by atoms with Gasteiger partial charge in [0.05, 0.1) is 0 Å². The smallest absolute Gasteiger partial charge is 0.328 e. The molecule has 0 aliphatic heterocycles. The standard InChI is InChI=1S/C13H19NO2S/c1-10(2)14(8-11(3)7-13(15)16)9-12-5-4-6-17-12/h4-7,10H,8-9H2,1-3H3,(H,15,16). The zero-order valence-corrected chi connectivity index (χ0v) is 11.3. The monoisotopic (exact) mass is 253 g/mol. The lowest BCUT2D eigenvalue weighted by molar-refractivity contribution is -0.131. The summed E-state index contributed by atoms with van der Waals surface area (Å²) in [6.07, 6.45) is 1.28. The molecule has 1 aromatic rings. The van der Waals surface area contributed by atoms with Crippen LogP contribution in [0.5, 0.6) is 0 Å². The summed E-state index contributed by atoms with van der Waals surface area (Å²) in [6, 6.07) is 4.55. The van der Waals surface area contributed by atoms with Gasteiger partial charge < -0.3 is 5.11 Å². The SMILES string of the molecule is CC(=CC(=O)O)CN(Cc1cccs1)C(C)C. The molecule has 4 heteroatoms. The normalized spacial score (nSPS) is 12.4. The Hall–Kier alpha value is -1.13. The zero-order chi connectivity index (χ0) is 12.8. The van der Waals surface area contributed by atoms with Gasteiger partial charge in [0.15, 0.2) is 0 Å². The van der Waals surface area contributed by atoms with Crippen LogP contribution >= 0.6 is 11.3 Å². The first-order valence-electron chi connectivity index (χ1n) is 5.65. The molecule has 0 atom stereocenters. The second-order valence-corrected chi connectivity index (χ2v) is 5.44. The van der Waals surface area contributed by atoms with E-state index in [1.165, 1.54) is 11.0 Å². The van der Waals surface area contributed by atoms with Crippen LogP contribution in [0.15, 0.2) is 29.2 Å². The lowest BCUT2D eigenvalue weighted by atomic mass is 10.2. The van der Waals surface area contributed by atoms with E-state index >= 15 is 0 Å². The maximum absolute atomic E-state index is 10.6. The molecule has 17 heavy (non-hydrogen) atoms. The second-order valence-electron chi connectivity index (χ2n) is 4.41. The molecular weight excluding hydrogens is 234 g/mol. The molecular formula is C13H19NO2S. The van der Waals surface area contributed by atoms with Gasteiger partial charge in [-0.1, -0.05) is 11.6 Å². The molecule has 0 aliphatic carbocycles. The van der Waals surface area contributed by atoms with E-state index in [1.54, 1.807) is 11.3 Å². The van der Waals surface area contributed by atoms with Gasteiger partial charge in [-0.2, -0.15) is 0 Å². The molecule has 0 aliphatic rings. The molecule has 0 saturated heterocycles. The summed E-state index contributed by atoms with van der Waals surface area (Å²) in [4.78, 5) is 14.2. The van der Waals surface area contributed by atoms with Crippen molar-refractivity contribution in [3.05, 3.63) is 34.0 Å². The average molecular weight is 253 g/mol. The molecule has 0 amide bonds. The summed E-state index contributed by atoms with van der Waals surface area (Å²) in [5, 5.41) is 10.8. The lowest BCUT2D eigenvalue weighted by Gasteiger charge is -2.26. The molecule has 0 spiro atoms. The second kappa shape index (κ2) is 6.57. The number of rotatable bonds is 6. The van der Waals surface area contributed by atoms with Crippen molar-refractivity contribution in [2.24, 2.45) is 0 Å². The van der Waals surface area contributed by atoms with E-state index in [9.17, 15) is 4.79 Å². The summed E-state index contributed by atoms with van der Waals surface area (Å²) < 4.78 is 0. The Labute approximate surface area is 106 Å². The average Bonchev–Trinajstić information content (AvgIpc) is 2.67. The van der Waals surface area contributed by atoms with Crippen LogP contribution in [0.1, 0.15) is 25.6 Å². The Balaban J connectivity index is 2.64. The summed E-state index contributed by atoms with van der Waals surface area (Å²) in [5.74, 6) is -0.873. The van der Waals surface area contributed by atoms with Crippen LogP contribution in [0, 0.1) is 0 Å². The molecule has 0 bridgehead atoms. The Kier molecular flexibility index (Phi) is 5.38. The van der Waals surface area contributed by atoms with Crippen molar-refractivity contribution in [1.82, 2.24) is 4.90 Å². The first-order valence-corrected chi connectivity index (χ1v) is 6.53. The predicted molar refractivity (Wildman–Crippen MR) is 71.3 cm³/mol. The maximum atomic E-state index is 10.6.